The standard InChI is InChI=1S/C31H36Si/c1-21-11-9-13-28(16-21)32(29-14-10-12-22(2)17-29,30-18-23(3)15-24(4)19-30)31(8)20-25(5)26(6)27(31)7/h9-20H,1-8H3. The van der Waals surface area contributed by atoms with Crippen LogP contribution in [0.25, 0.3) is 0 Å². The second-order valence-electron chi connectivity index (χ2n) is 10.1. The van der Waals surface area contributed by atoms with Crippen molar-refractivity contribution in [1.82, 2.24) is 0 Å². The number of rotatable bonds is 4. The van der Waals surface area contributed by atoms with Gasteiger partial charge >= 0.3 is 0 Å². The minimum Gasteiger partial charge on any atom is -0.0730 e. The van der Waals surface area contributed by atoms with Crippen molar-refractivity contribution in [3.05, 3.63) is 112 Å². The van der Waals surface area contributed by atoms with Gasteiger partial charge < -0.3 is 0 Å². The lowest BCUT2D eigenvalue weighted by Crippen LogP contribution is -2.73. The number of aryl methyl sites for hydroxylation is 4. The molecule has 0 amide bonds. The van der Waals surface area contributed by atoms with Crippen LogP contribution in [0.1, 0.15) is 49.9 Å². The first-order valence-corrected chi connectivity index (χ1v) is 13.7. The maximum atomic E-state index is 2.59. The molecule has 0 saturated heterocycles. The summed E-state index contributed by atoms with van der Waals surface area (Å²) in [6.07, 6.45) is 2.59. The third kappa shape index (κ3) is 3.35. The lowest BCUT2D eigenvalue weighted by atomic mass is 10.0. The van der Waals surface area contributed by atoms with Crippen LogP contribution in [0, 0.1) is 27.7 Å². The predicted octanol–water partition coefficient (Wildman–Crippen LogP) is 6.45. The summed E-state index contributed by atoms with van der Waals surface area (Å²) in [5.41, 5.74) is 9.74. The largest absolute Gasteiger partial charge is 0.161 e. The average Bonchev–Trinajstić information content (AvgIpc) is 2.91. The van der Waals surface area contributed by atoms with Crippen molar-refractivity contribution in [3.63, 3.8) is 0 Å². The SMILES string of the molecule is CC1=CC(C)([Si](c2cccc(C)c2)(c2cccc(C)c2)c2cc(C)cc(C)c2)C(C)=C1C. The van der Waals surface area contributed by atoms with Gasteiger partial charge in [-0.3, -0.25) is 0 Å². The van der Waals surface area contributed by atoms with E-state index >= 15 is 0 Å². The van der Waals surface area contributed by atoms with Crippen LogP contribution in [0.5, 0.6) is 0 Å². The molecule has 0 aliphatic heterocycles. The second-order valence-corrected chi connectivity index (χ2v) is 14.4. The Bertz CT molecular complexity index is 1190. The first kappa shape index (κ1) is 22.5. The molecule has 0 aromatic heterocycles. The molecule has 164 valence electrons. The van der Waals surface area contributed by atoms with Crippen molar-refractivity contribution < 1.29 is 0 Å². The molecule has 1 atom stereocenters. The smallest absolute Gasteiger partial charge is 0.0730 e. The zero-order chi connectivity index (χ0) is 23.3. The molecule has 0 heterocycles. The fourth-order valence-corrected chi connectivity index (χ4v) is 12.5. The topological polar surface area (TPSA) is 0 Å². The summed E-state index contributed by atoms with van der Waals surface area (Å²) >= 11 is 0. The molecule has 0 spiro atoms. The van der Waals surface area contributed by atoms with Crippen LogP contribution in [-0.4, -0.2) is 8.07 Å². The fraction of sp³-hybridized carbons (Fsp3) is 0.290. The first-order valence-electron chi connectivity index (χ1n) is 11.7. The van der Waals surface area contributed by atoms with E-state index in [2.05, 4.69) is 128 Å². The van der Waals surface area contributed by atoms with E-state index in [-0.39, 0.29) is 5.04 Å². The number of hydrogen-bond acceptors (Lipinski definition) is 0. The molecule has 1 unspecified atom stereocenters. The molecule has 4 rings (SSSR count). The molecule has 0 bridgehead atoms. The van der Waals surface area contributed by atoms with Crippen LogP contribution < -0.4 is 15.6 Å². The summed E-state index contributed by atoms with van der Waals surface area (Å²) in [5, 5.41) is 4.44. The summed E-state index contributed by atoms with van der Waals surface area (Å²) in [6.45, 7) is 18.4. The first-order chi connectivity index (χ1) is 15.1. The Kier molecular flexibility index (Phi) is 5.67. The lowest BCUT2D eigenvalue weighted by molar-refractivity contribution is 0.870. The molecule has 0 saturated carbocycles. The zero-order valence-corrected chi connectivity index (χ0v) is 21.9. The van der Waals surface area contributed by atoms with Gasteiger partial charge in [0.1, 0.15) is 0 Å². The third-order valence-corrected chi connectivity index (χ3v) is 13.4. The Morgan fingerprint density at radius 3 is 1.44 bits per heavy atom. The van der Waals surface area contributed by atoms with Gasteiger partial charge in [0.2, 0.25) is 0 Å². The highest BCUT2D eigenvalue weighted by atomic mass is 28.3. The Hall–Kier alpha value is -2.64. The molecule has 0 fully saturated rings. The third-order valence-electron chi connectivity index (χ3n) is 7.77. The van der Waals surface area contributed by atoms with Crippen LogP contribution in [0.4, 0.5) is 0 Å². The van der Waals surface area contributed by atoms with Crippen molar-refractivity contribution >= 4 is 23.6 Å². The summed E-state index contributed by atoms with van der Waals surface area (Å²) in [6, 6.07) is 25.9. The molecule has 3 aromatic rings. The summed E-state index contributed by atoms with van der Waals surface area (Å²) in [7, 11) is -2.52. The van der Waals surface area contributed by atoms with Crippen molar-refractivity contribution in [3.8, 4) is 0 Å². The van der Waals surface area contributed by atoms with Crippen LogP contribution >= 0.6 is 0 Å². The molecular weight excluding hydrogens is 400 g/mol. The molecule has 3 aromatic carbocycles. The van der Waals surface area contributed by atoms with Crippen molar-refractivity contribution in [2.45, 2.75) is 60.4 Å². The molecule has 1 aliphatic carbocycles. The van der Waals surface area contributed by atoms with E-state index in [0.717, 1.165) is 0 Å². The highest BCUT2D eigenvalue weighted by Gasteiger charge is 2.56. The molecule has 32 heavy (non-hydrogen) atoms. The van der Waals surface area contributed by atoms with E-state index in [1.165, 1.54) is 54.5 Å². The van der Waals surface area contributed by atoms with Gasteiger partial charge in [0, 0.05) is 5.04 Å². The van der Waals surface area contributed by atoms with Gasteiger partial charge in [0.25, 0.3) is 0 Å². The number of benzene rings is 3. The van der Waals surface area contributed by atoms with Crippen LogP contribution in [0.3, 0.4) is 0 Å². The van der Waals surface area contributed by atoms with Crippen LogP contribution in [0.15, 0.2) is 89.5 Å². The zero-order valence-electron chi connectivity index (χ0n) is 20.9. The normalized spacial score (nSPS) is 18.8. The highest BCUT2D eigenvalue weighted by Crippen LogP contribution is 2.52. The second kappa shape index (κ2) is 8.05. The van der Waals surface area contributed by atoms with Crippen molar-refractivity contribution in [1.29, 1.82) is 0 Å². The monoisotopic (exact) mass is 436 g/mol. The van der Waals surface area contributed by atoms with Gasteiger partial charge in [-0.15, -0.1) is 0 Å². The number of hydrogen-bond donors (Lipinski definition) is 0. The highest BCUT2D eigenvalue weighted by molar-refractivity contribution is 7.14. The minimum atomic E-state index is -2.52. The van der Waals surface area contributed by atoms with Gasteiger partial charge in [-0.1, -0.05) is 113 Å². The van der Waals surface area contributed by atoms with Crippen LogP contribution in [-0.2, 0) is 0 Å². The van der Waals surface area contributed by atoms with Gasteiger partial charge in [-0.25, -0.2) is 0 Å². The maximum absolute atomic E-state index is 2.59. The van der Waals surface area contributed by atoms with E-state index in [0.29, 0.717) is 0 Å². The molecule has 0 nitrogen and oxygen atoms in total. The fourth-order valence-electron chi connectivity index (χ4n) is 6.07. The molecule has 1 aliphatic rings. The summed E-state index contributed by atoms with van der Waals surface area (Å²) < 4.78 is 0. The van der Waals surface area contributed by atoms with E-state index in [4.69, 9.17) is 0 Å². The van der Waals surface area contributed by atoms with E-state index in [1.807, 2.05) is 0 Å². The van der Waals surface area contributed by atoms with Gasteiger partial charge in [0.15, 0.2) is 8.07 Å². The summed E-state index contributed by atoms with van der Waals surface area (Å²) in [4.78, 5) is 0. The van der Waals surface area contributed by atoms with Crippen molar-refractivity contribution in [2.75, 3.05) is 0 Å². The van der Waals surface area contributed by atoms with Crippen molar-refractivity contribution in [2.24, 2.45) is 0 Å². The Balaban J connectivity index is 2.26. The van der Waals surface area contributed by atoms with Gasteiger partial charge in [0.05, 0.1) is 0 Å². The predicted molar refractivity (Wildman–Crippen MR) is 143 cm³/mol. The Morgan fingerprint density at radius 2 is 1.03 bits per heavy atom. The Morgan fingerprint density at radius 1 is 0.562 bits per heavy atom. The van der Waals surface area contributed by atoms with Gasteiger partial charge in [-0.05, 0) is 69.6 Å². The quantitative estimate of drug-likeness (QED) is 0.326. The maximum Gasteiger partial charge on any atom is 0.161 e. The summed E-state index contributed by atoms with van der Waals surface area (Å²) in [5.74, 6) is 0. The van der Waals surface area contributed by atoms with E-state index in [1.54, 1.807) is 0 Å². The number of allylic oxidation sites excluding steroid dienone is 4. The van der Waals surface area contributed by atoms with E-state index in [9.17, 15) is 0 Å². The minimum absolute atomic E-state index is 0.0526. The average molecular weight is 437 g/mol. The molecule has 0 N–H and O–H groups in total. The molecule has 1 heteroatoms. The lowest BCUT2D eigenvalue weighted by Gasteiger charge is -2.47. The Labute approximate surface area is 195 Å². The van der Waals surface area contributed by atoms with E-state index < -0.39 is 8.07 Å². The molecule has 0 radical (unpaired) electrons. The van der Waals surface area contributed by atoms with Crippen LogP contribution in [0.2, 0.25) is 5.04 Å². The molecular formula is C31H36Si. The van der Waals surface area contributed by atoms with Gasteiger partial charge in [-0.2, -0.15) is 0 Å².